The van der Waals surface area contributed by atoms with Crippen LogP contribution in [0.1, 0.15) is 29.3 Å². The van der Waals surface area contributed by atoms with E-state index in [0.29, 0.717) is 5.56 Å². The Kier molecular flexibility index (Phi) is 3.55. The highest BCUT2D eigenvalue weighted by molar-refractivity contribution is 6.03. The Labute approximate surface area is 100 Å². The van der Waals surface area contributed by atoms with Gasteiger partial charge in [-0.05, 0) is 24.1 Å². The van der Waals surface area contributed by atoms with E-state index in [1.54, 1.807) is 6.20 Å². The molecule has 1 aromatic heterocycles. The fourth-order valence-corrected chi connectivity index (χ4v) is 1.62. The molecular weight excluding hydrogens is 214 g/mol. The van der Waals surface area contributed by atoms with Gasteiger partial charge in [-0.3, -0.25) is 9.89 Å². The summed E-state index contributed by atoms with van der Waals surface area (Å²) in [7, 11) is 0. The van der Waals surface area contributed by atoms with Gasteiger partial charge in [-0.15, -0.1) is 0 Å². The van der Waals surface area contributed by atoms with E-state index in [1.807, 2.05) is 24.3 Å². The van der Waals surface area contributed by atoms with Crippen molar-refractivity contribution in [3.05, 3.63) is 47.8 Å². The predicted molar refractivity (Wildman–Crippen MR) is 67.0 cm³/mol. The number of hydrogen-bond acceptors (Lipinski definition) is 2. The monoisotopic (exact) mass is 229 g/mol. The summed E-state index contributed by atoms with van der Waals surface area (Å²) in [5, 5.41) is 9.16. The molecule has 0 unspecified atom stereocenters. The molecule has 0 fully saturated rings. The number of aryl methyl sites for hydroxylation is 1. The molecule has 0 spiro atoms. The van der Waals surface area contributed by atoms with Gasteiger partial charge in [0.15, 0.2) is 0 Å². The minimum atomic E-state index is -0.151. The van der Waals surface area contributed by atoms with E-state index in [9.17, 15) is 4.79 Å². The quantitative estimate of drug-likeness (QED) is 0.846. The second-order valence-corrected chi connectivity index (χ2v) is 3.89. The van der Waals surface area contributed by atoms with E-state index in [4.69, 9.17) is 0 Å². The lowest BCUT2D eigenvalue weighted by atomic mass is 10.1. The summed E-state index contributed by atoms with van der Waals surface area (Å²) in [4.78, 5) is 11.7. The van der Waals surface area contributed by atoms with Crippen LogP contribution in [-0.2, 0) is 6.42 Å². The lowest BCUT2D eigenvalue weighted by Gasteiger charge is -2.04. The average molecular weight is 229 g/mol. The maximum Gasteiger partial charge on any atom is 0.258 e. The molecule has 2 N–H and O–H groups in total. The summed E-state index contributed by atoms with van der Waals surface area (Å²) in [5.74, 6) is -0.151. The zero-order valence-electron chi connectivity index (χ0n) is 9.73. The summed E-state index contributed by atoms with van der Waals surface area (Å²) < 4.78 is 0. The molecule has 0 aliphatic heterocycles. The van der Waals surface area contributed by atoms with Crippen LogP contribution in [0.4, 0.5) is 5.69 Å². The Balaban J connectivity index is 2.01. The van der Waals surface area contributed by atoms with Crippen molar-refractivity contribution in [1.82, 2.24) is 10.2 Å². The van der Waals surface area contributed by atoms with E-state index in [2.05, 4.69) is 22.4 Å². The largest absolute Gasteiger partial charge is 0.322 e. The molecule has 0 radical (unpaired) electrons. The summed E-state index contributed by atoms with van der Waals surface area (Å²) in [6.45, 7) is 2.15. The summed E-state index contributed by atoms with van der Waals surface area (Å²) in [5.41, 5.74) is 2.62. The van der Waals surface area contributed by atoms with Crippen molar-refractivity contribution in [1.29, 1.82) is 0 Å². The fraction of sp³-hybridized carbons (Fsp3) is 0.231. The highest BCUT2D eigenvalue weighted by Crippen LogP contribution is 2.12. The Morgan fingerprint density at radius 3 is 2.71 bits per heavy atom. The Morgan fingerprint density at radius 2 is 2.12 bits per heavy atom. The Hall–Kier alpha value is -2.10. The van der Waals surface area contributed by atoms with Crippen LogP contribution in [0.2, 0.25) is 0 Å². The van der Waals surface area contributed by atoms with Gasteiger partial charge < -0.3 is 5.32 Å². The normalized spacial score (nSPS) is 10.2. The second kappa shape index (κ2) is 5.30. The lowest BCUT2D eigenvalue weighted by molar-refractivity contribution is 0.102. The van der Waals surface area contributed by atoms with Crippen LogP contribution < -0.4 is 5.32 Å². The molecule has 0 saturated heterocycles. The summed E-state index contributed by atoms with van der Waals surface area (Å²) >= 11 is 0. The Morgan fingerprint density at radius 1 is 1.35 bits per heavy atom. The highest BCUT2D eigenvalue weighted by Gasteiger charge is 2.06. The van der Waals surface area contributed by atoms with Gasteiger partial charge in [-0.25, -0.2) is 0 Å². The number of amides is 1. The maximum absolute atomic E-state index is 11.7. The molecule has 2 aromatic rings. The van der Waals surface area contributed by atoms with Gasteiger partial charge in [0.05, 0.1) is 11.8 Å². The van der Waals surface area contributed by atoms with Crippen molar-refractivity contribution in [2.24, 2.45) is 0 Å². The van der Waals surface area contributed by atoms with Gasteiger partial charge in [0.25, 0.3) is 5.91 Å². The number of anilines is 1. The first-order chi connectivity index (χ1) is 8.29. The number of hydrogen-bond donors (Lipinski definition) is 2. The summed E-state index contributed by atoms with van der Waals surface area (Å²) in [6, 6.07) is 7.91. The number of carbonyl (C=O) groups excluding carboxylic acids is 1. The molecule has 2 rings (SSSR count). The highest BCUT2D eigenvalue weighted by atomic mass is 16.1. The number of aromatic nitrogens is 2. The Bertz CT molecular complexity index is 474. The SMILES string of the molecule is CCCc1ccc(NC(=O)c2cn[nH]c2)cc1. The molecule has 0 atom stereocenters. The van der Waals surface area contributed by atoms with Crippen LogP contribution >= 0.6 is 0 Å². The van der Waals surface area contributed by atoms with Crippen molar-refractivity contribution in [3.63, 3.8) is 0 Å². The number of nitrogens with one attached hydrogen (secondary N) is 2. The van der Waals surface area contributed by atoms with Crippen LogP contribution in [0.3, 0.4) is 0 Å². The van der Waals surface area contributed by atoms with Crippen LogP contribution in [0.25, 0.3) is 0 Å². The van der Waals surface area contributed by atoms with Crippen LogP contribution in [0.5, 0.6) is 0 Å². The molecule has 0 aliphatic carbocycles. The molecule has 0 aliphatic rings. The van der Waals surface area contributed by atoms with Gasteiger partial charge in [-0.2, -0.15) is 5.10 Å². The van der Waals surface area contributed by atoms with E-state index < -0.39 is 0 Å². The molecule has 88 valence electrons. The minimum Gasteiger partial charge on any atom is -0.322 e. The topological polar surface area (TPSA) is 57.8 Å². The van der Waals surface area contributed by atoms with Gasteiger partial charge in [0.1, 0.15) is 0 Å². The number of H-pyrrole nitrogens is 1. The number of rotatable bonds is 4. The van der Waals surface area contributed by atoms with Gasteiger partial charge in [0, 0.05) is 11.9 Å². The number of carbonyl (C=O) groups is 1. The van der Waals surface area contributed by atoms with Crippen molar-refractivity contribution in [3.8, 4) is 0 Å². The van der Waals surface area contributed by atoms with E-state index in [1.165, 1.54) is 11.8 Å². The molecule has 1 amide bonds. The number of nitrogens with zero attached hydrogens (tertiary/aromatic N) is 1. The smallest absolute Gasteiger partial charge is 0.258 e. The molecular formula is C13H15N3O. The number of benzene rings is 1. The summed E-state index contributed by atoms with van der Waals surface area (Å²) in [6.07, 6.45) is 5.26. The van der Waals surface area contributed by atoms with E-state index >= 15 is 0 Å². The lowest BCUT2D eigenvalue weighted by Crippen LogP contribution is -2.10. The number of aromatic amines is 1. The molecule has 0 bridgehead atoms. The molecule has 1 aromatic carbocycles. The van der Waals surface area contributed by atoms with Crippen molar-refractivity contribution < 1.29 is 4.79 Å². The zero-order chi connectivity index (χ0) is 12.1. The molecule has 17 heavy (non-hydrogen) atoms. The maximum atomic E-state index is 11.7. The van der Waals surface area contributed by atoms with Gasteiger partial charge >= 0.3 is 0 Å². The minimum absolute atomic E-state index is 0.151. The fourth-order valence-electron chi connectivity index (χ4n) is 1.62. The first-order valence-corrected chi connectivity index (χ1v) is 5.68. The third-order valence-electron chi connectivity index (χ3n) is 2.51. The average Bonchev–Trinajstić information content (AvgIpc) is 2.86. The molecule has 4 heteroatoms. The van der Waals surface area contributed by atoms with Crippen LogP contribution in [0.15, 0.2) is 36.7 Å². The molecule has 4 nitrogen and oxygen atoms in total. The second-order valence-electron chi connectivity index (χ2n) is 3.89. The van der Waals surface area contributed by atoms with E-state index in [0.717, 1.165) is 18.5 Å². The van der Waals surface area contributed by atoms with Crippen LogP contribution in [0, 0.1) is 0 Å². The van der Waals surface area contributed by atoms with Crippen molar-refractivity contribution in [2.75, 3.05) is 5.32 Å². The third kappa shape index (κ3) is 2.93. The van der Waals surface area contributed by atoms with Gasteiger partial charge in [0.2, 0.25) is 0 Å². The van der Waals surface area contributed by atoms with Crippen molar-refractivity contribution in [2.45, 2.75) is 19.8 Å². The van der Waals surface area contributed by atoms with E-state index in [-0.39, 0.29) is 5.91 Å². The standard InChI is InChI=1S/C13H15N3O/c1-2-3-10-4-6-12(7-5-10)16-13(17)11-8-14-15-9-11/h4-9H,2-3H2,1H3,(H,14,15)(H,16,17). The zero-order valence-corrected chi connectivity index (χ0v) is 9.73. The van der Waals surface area contributed by atoms with Crippen molar-refractivity contribution >= 4 is 11.6 Å². The predicted octanol–water partition coefficient (Wildman–Crippen LogP) is 2.61. The third-order valence-corrected chi connectivity index (χ3v) is 2.51. The molecule has 1 heterocycles. The van der Waals surface area contributed by atoms with Crippen LogP contribution in [-0.4, -0.2) is 16.1 Å². The first-order valence-electron chi connectivity index (χ1n) is 5.68. The molecule has 0 saturated carbocycles. The first kappa shape index (κ1) is 11.4. The van der Waals surface area contributed by atoms with Gasteiger partial charge in [-0.1, -0.05) is 25.5 Å².